The minimum absolute atomic E-state index is 0.198. The maximum Gasteiger partial charge on any atom is 0.236 e. The fraction of sp³-hybridized carbons (Fsp3) is 0.545. The highest BCUT2D eigenvalue weighted by molar-refractivity contribution is 7.15. The van der Waals surface area contributed by atoms with Crippen LogP contribution in [-0.4, -0.2) is 70.9 Å². The predicted molar refractivity (Wildman–Crippen MR) is 112 cm³/mol. The number of carbonyl (C=O) groups excluding carboxylic acids is 1. The number of amides is 1. The third kappa shape index (κ3) is 4.13. The molecule has 160 valence electrons. The smallest absolute Gasteiger partial charge is 0.236 e. The zero-order valence-corrected chi connectivity index (χ0v) is 17.8. The van der Waals surface area contributed by atoms with Crippen molar-refractivity contribution in [3.05, 3.63) is 40.4 Å². The first-order valence-electron chi connectivity index (χ1n) is 10.7. The van der Waals surface area contributed by atoms with E-state index in [1.165, 1.54) is 42.7 Å². The fourth-order valence-corrected chi connectivity index (χ4v) is 5.70. The van der Waals surface area contributed by atoms with E-state index in [-0.39, 0.29) is 5.91 Å². The van der Waals surface area contributed by atoms with E-state index < -0.39 is 11.6 Å². The Kier molecular flexibility index (Phi) is 5.56. The number of hydrogen-bond donors (Lipinski definition) is 0. The summed E-state index contributed by atoms with van der Waals surface area (Å²) in [6.07, 6.45) is 4.72. The first-order valence-corrected chi connectivity index (χ1v) is 11.6. The third-order valence-corrected chi connectivity index (χ3v) is 7.67. The Hall–Kier alpha value is -1.90. The van der Waals surface area contributed by atoms with Gasteiger partial charge in [0, 0.05) is 68.2 Å². The molecule has 0 unspecified atom stereocenters. The molecular formula is C22H26F2N4OS. The normalized spacial score (nSPS) is 20.8. The molecule has 0 spiro atoms. The molecule has 5 rings (SSSR count). The van der Waals surface area contributed by atoms with Crippen LogP contribution >= 0.6 is 11.3 Å². The van der Waals surface area contributed by atoms with Gasteiger partial charge in [-0.15, -0.1) is 11.3 Å². The summed E-state index contributed by atoms with van der Waals surface area (Å²) in [5.74, 6) is -0.991. The van der Waals surface area contributed by atoms with Gasteiger partial charge >= 0.3 is 0 Å². The van der Waals surface area contributed by atoms with E-state index in [0.29, 0.717) is 23.7 Å². The minimum Gasteiger partial charge on any atom is -0.339 e. The van der Waals surface area contributed by atoms with Crippen LogP contribution in [0.3, 0.4) is 0 Å². The number of rotatable bonds is 4. The Bertz CT molecular complexity index is 917. The number of piperazine rings is 1. The second-order valence-corrected chi connectivity index (χ2v) is 9.59. The molecule has 0 radical (unpaired) electrons. The topological polar surface area (TPSA) is 39.7 Å². The number of carbonyl (C=O) groups is 1. The molecule has 8 heteroatoms. The average Bonchev–Trinajstić information content (AvgIpc) is 3.10. The highest BCUT2D eigenvalue weighted by Gasteiger charge is 2.30. The molecule has 1 saturated heterocycles. The number of nitrogens with zero attached hydrogens (tertiary/aromatic N) is 4. The van der Waals surface area contributed by atoms with Crippen LogP contribution in [0.5, 0.6) is 0 Å². The number of benzene rings is 1. The van der Waals surface area contributed by atoms with Crippen LogP contribution in [-0.2, 0) is 17.8 Å². The Morgan fingerprint density at radius 3 is 2.47 bits per heavy atom. The van der Waals surface area contributed by atoms with Crippen LogP contribution in [0.25, 0.3) is 10.6 Å². The van der Waals surface area contributed by atoms with Crippen molar-refractivity contribution in [2.75, 3.05) is 39.3 Å². The summed E-state index contributed by atoms with van der Waals surface area (Å²) in [4.78, 5) is 25.2. The molecule has 3 aliphatic rings. The van der Waals surface area contributed by atoms with Crippen molar-refractivity contribution in [1.82, 2.24) is 19.7 Å². The zero-order chi connectivity index (χ0) is 20.7. The molecule has 2 aliphatic heterocycles. The van der Waals surface area contributed by atoms with E-state index in [9.17, 15) is 13.6 Å². The molecule has 3 heterocycles. The van der Waals surface area contributed by atoms with Crippen molar-refractivity contribution in [2.45, 2.75) is 38.3 Å². The number of aromatic nitrogens is 1. The van der Waals surface area contributed by atoms with Crippen molar-refractivity contribution in [2.24, 2.45) is 0 Å². The molecule has 1 aliphatic carbocycles. The predicted octanol–water partition coefficient (Wildman–Crippen LogP) is 3.14. The Morgan fingerprint density at radius 1 is 1.07 bits per heavy atom. The summed E-state index contributed by atoms with van der Waals surface area (Å²) in [6, 6.07) is 4.25. The van der Waals surface area contributed by atoms with Gasteiger partial charge in [0.15, 0.2) is 0 Å². The molecule has 1 aromatic heterocycles. The average molecular weight is 433 g/mol. The maximum absolute atomic E-state index is 13.6. The van der Waals surface area contributed by atoms with E-state index in [2.05, 4.69) is 14.8 Å². The van der Waals surface area contributed by atoms with E-state index >= 15 is 0 Å². The van der Waals surface area contributed by atoms with Gasteiger partial charge in [-0.3, -0.25) is 14.6 Å². The molecular weight excluding hydrogens is 406 g/mol. The Balaban J connectivity index is 1.19. The van der Waals surface area contributed by atoms with Gasteiger partial charge in [0.2, 0.25) is 5.91 Å². The highest BCUT2D eigenvalue weighted by Crippen LogP contribution is 2.32. The summed E-state index contributed by atoms with van der Waals surface area (Å²) in [5, 5.41) is 0.638. The van der Waals surface area contributed by atoms with Crippen molar-refractivity contribution in [3.63, 3.8) is 0 Å². The van der Waals surface area contributed by atoms with Crippen LogP contribution < -0.4 is 0 Å². The van der Waals surface area contributed by atoms with Crippen molar-refractivity contribution >= 4 is 17.2 Å². The number of fused-ring (bicyclic) bond motifs is 1. The largest absolute Gasteiger partial charge is 0.339 e. The second-order valence-electron chi connectivity index (χ2n) is 8.51. The molecule has 0 bridgehead atoms. The zero-order valence-electron chi connectivity index (χ0n) is 16.9. The van der Waals surface area contributed by atoms with Crippen LogP contribution in [0.4, 0.5) is 8.78 Å². The second kappa shape index (κ2) is 8.32. The van der Waals surface area contributed by atoms with Crippen molar-refractivity contribution < 1.29 is 13.6 Å². The lowest BCUT2D eigenvalue weighted by atomic mass is 9.91. The standard InChI is InChI=1S/C22H26F2N4OS/c23-16-10-15(11-17(24)12-16)22-25-19-4-5-26(13-20(19)30-22)14-21(29)28-8-6-27(7-9-28)18-2-1-3-18/h10-12,18H,1-9,13-14H2. The molecule has 0 atom stereocenters. The first-order chi connectivity index (χ1) is 14.5. The van der Waals surface area contributed by atoms with Crippen molar-refractivity contribution in [3.8, 4) is 10.6 Å². The molecule has 1 saturated carbocycles. The molecule has 5 nitrogen and oxygen atoms in total. The summed E-state index contributed by atoms with van der Waals surface area (Å²) >= 11 is 1.47. The Morgan fingerprint density at radius 2 is 1.80 bits per heavy atom. The molecule has 2 aromatic rings. The van der Waals surface area contributed by atoms with Crippen LogP contribution in [0.2, 0.25) is 0 Å². The summed E-state index contributed by atoms with van der Waals surface area (Å²) in [6.45, 7) is 5.49. The molecule has 2 fully saturated rings. The summed E-state index contributed by atoms with van der Waals surface area (Å²) in [7, 11) is 0. The van der Waals surface area contributed by atoms with E-state index in [0.717, 1.165) is 61.8 Å². The van der Waals surface area contributed by atoms with Gasteiger partial charge in [-0.05, 0) is 25.0 Å². The van der Waals surface area contributed by atoms with Gasteiger partial charge < -0.3 is 4.90 Å². The van der Waals surface area contributed by atoms with Gasteiger partial charge in [-0.2, -0.15) is 0 Å². The monoisotopic (exact) mass is 432 g/mol. The SMILES string of the molecule is O=C(CN1CCc2nc(-c3cc(F)cc(F)c3)sc2C1)N1CCN(C2CCC2)CC1. The molecule has 1 aromatic carbocycles. The fourth-order valence-electron chi connectivity index (χ4n) is 4.56. The summed E-state index contributed by atoms with van der Waals surface area (Å²) < 4.78 is 27.1. The van der Waals surface area contributed by atoms with Crippen LogP contribution in [0.1, 0.15) is 29.8 Å². The lowest BCUT2D eigenvalue weighted by Gasteiger charge is -2.43. The van der Waals surface area contributed by atoms with Crippen LogP contribution in [0.15, 0.2) is 18.2 Å². The van der Waals surface area contributed by atoms with Crippen molar-refractivity contribution in [1.29, 1.82) is 0 Å². The number of hydrogen-bond acceptors (Lipinski definition) is 5. The minimum atomic E-state index is -0.595. The lowest BCUT2D eigenvalue weighted by molar-refractivity contribution is -0.135. The van der Waals surface area contributed by atoms with E-state index in [1.54, 1.807) is 0 Å². The van der Waals surface area contributed by atoms with Gasteiger partial charge in [0.25, 0.3) is 0 Å². The van der Waals surface area contributed by atoms with Gasteiger partial charge in [0.05, 0.1) is 12.2 Å². The molecule has 0 N–H and O–H groups in total. The third-order valence-electron chi connectivity index (χ3n) is 6.54. The quantitative estimate of drug-likeness (QED) is 0.744. The number of thiazole rings is 1. The highest BCUT2D eigenvalue weighted by atomic mass is 32.1. The van der Waals surface area contributed by atoms with Crippen LogP contribution in [0, 0.1) is 11.6 Å². The van der Waals surface area contributed by atoms with E-state index in [4.69, 9.17) is 0 Å². The molecule has 1 amide bonds. The van der Waals surface area contributed by atoms with E-state index in [1.807, 2.05) is 4.90 Å². The maximum atomic E-state index is 13.6. The first kappa shape index (κ1) is 20.0. The van der Waals surface area contributed by atoms with Gasteiger partial charge in [-0.25, -0.2) is 13.8 Å². The lowest BCUT2D eigenvalue weighted by Crippen LogP contribution is -2.55. The van der Waals surface area contributed by atoms with Gasteiger partial charge in [0.1, 0.15) is 16.6 Å². The number of halogens is 2. The Labute approximate surface area is 179 Å². The molecule has 30 heavy (non-hydrogen) atoms. The van der Waals surface area contributed by atoms with Gasteiger partial charge in [-0.1, -0.05) is 6.42 Å². The summed E-state index contributed by atoms with van der Waals surface area (Å²) in [5.41, 5.74) is 1.45.